The van der Waals surface area contributed by atoms with E-state index in [0.29, 0.717) is 5.56 Å². The minimum absolute atomic E-state index is 0.000211. The van der Waals surface area contributed by atoms with Gasteiger partial charge in [-0.2, -0.15) is 0 Å². The highest BCUT2D eigenvalue weighted by Gasteiger charge is 2.30. The molecule has 4 atom stereocenters. The van der Waals surface area contributed by atoms with E-state index >= 15 is 0 Å². The Hall–Kier alpha value is -3.14. The second-order valence-electron chi connectivity index (χ2n) is 8.50. The molecule has 1 rings (SSSR count). The van der Waals surface area contributed by atoms with Gasteiger partial charge in [0.15, 0.2) is 0 Å². The third-order valence-electron chi connectivity index (χ3n) is 5.01. The number of carbonyl (C=O) groups is 4. The monoisotopic (exact) mass is 450 g/mol. The van der Waals surface area contributed by atoms with Crippen LogP contribution in [0.1, 0.15) is 40.2 Å². The van der Waals surface area contributed by atoms with Crippen molar-refractivity contribution in [1.29, 1.82) is 0 Å². The molecule has 0 aliphatic heterocycles. The average Bonchev–Trinajstić information content (AvgIpc) is 2.71. The molecule has 10 nitrogen and oxygen atoms in total. The van der Waals surface area contributed by atoms with E-state index in [-0.39, 0.29) is 24.0 Å². The van der Waals surface area contributed by atoms with Crippen molar-refractivity contribution < 1.29 is 29.4 Å². The topological polar surface area (TPSA) is 171 Å². The molecule has 1 aromatic rings. The van der Waals surface area contributed by atoms with Crippen LogP contribution in [-0.4, -0.2) is 58.1 Å². The molecular weight excluding hydrogens is 416 g/mol. The summed E-state index contributed by atoms with van der Waals surface area (Å²) in [6, 6.07) is 2.00. The maximum atomic E-state index is 12.7. The molecule has 0 aliphatic rings. The van der Waals surface area contributed by atoms with E-state index in [4.69, 9.17) is 5.73 Å². The largest absolute Gasteiger partial charge is 0.508 e. The zero-order chi connectivity index (χ0) is 24.6. The standard InChI is InChI=1S/C22H34N4O6/c1-11(2)17(23)20(29)26-18(12(3)4)21(30)24-13(5)19(28)25-16(22(31)32)10-14-6-8-15(27)9-7-14/h6-9,11-13,16-18,27H,10,23H2,1-5H3,(H,24,30)(H,25,28)(H,26,29)(H,31,32). The van der Waals surface area contributed by atoms with Crippen LogP contribution < -0.4 is 21.7 Å². The lowest BCUT2D eigenvalue weighted by Gasteiger charge is -2.26. The molecule has 178 valence electrons. The quantitative estimate of drug-likeness (QED) is 0.278. The number of rotatable bonds is 11. The fourth-order valence-corrected chi connectivity index (χ4v) is 2.82. The lowest BCUT2D eigenvalue weighted by molar-refractivity contribution is -0.142. The van der Waals surface area contributed by atoms with Crippen LogP contribution in [-0.2, 0) is 25.6 Å². The number of phenols is 1. The van der Waals surface area contributed by atoms with Gasteiger partial charge in [0.1, 0.15) is 23.9 Å². The number of hydrogen-bond acceptors (Lipinski definition) is 6. The van der Waals surface area contributed by atoms with Gasteiger partial charge in [-0.05, 0) is 36.5 Å². The summed E-state index contributed by atoms with van der Waals surface area (Å²) in [5.74, 6) is -3.30. The second-order valence-corrected chi connectivity index (χ2v) is 8.50. The normalized spacial score (nSPS) is 14.9. The SMILES string of the molecule is CC(NC(=O)C(NC(=O)C(N)C(C)C)C(C)C)C(=O)NC(Cc1ccc(O)cc1)C(=O)O. The molecule has 1 aromatic carbocycles. The number of phenolic OH excluding ortho intramolecular Hbond substituents is 1. The molecular formula is C22H34N4O6. The third-order valence-corrected chi connectivity index (χ3v) is 5.01. The molecule has 4 unspecified atom stereocenters. The summed E-state index contributed by atoms with van der Waals surface area (Å²) in [6.45, 7) is 8.49. The van der Waals surface area contributed by atoms with Gasteiger partial charge in [0.25, 0.3) is 0 Å². The summed E-state index contributed by atoms with van der Waals surface area (Å²) in [7, 11) is 0. The van der Waals surface area contributed by atoms with Crippen molar-refractivity contribution >= 4 is 23.7 Å². The van der Waals surface area contributed by atoms with Gasteiger partial charge in [-0.15, -0.1) is 0 Å². The van der Waals surface area contributed by atoms with Crippen LogP contribution in [0.4, 0.5) is 0 Å². The number of hydrogen-bond donors (Lipinski definition) is 6. The average molecular weight is 451 g/mol. The van der Waals surface area contributed by atoms with Crippen molar-refractivity contribution in [2.45, 2.75) is 65.2 Å². The summed E-state index contributed by atoms with van der Waals surface area (Å²) < 4.78 is 0. The molecule has 3 amide bonds. The minimum Gasteiger partial charge on any atom is -0.508 e. The number of nitrogens with one attached hydrogen (secondary N) is 3. The Kier molecular flexibility index (Phi) is 10.1. The van der Waals surface area contributed by atoms with Crippen molar-refractivity contribution in [2.24, 2.45) is 17.6 Å². The van der Waals surface area contributed by atoms with E-state index in [1.54, 1.807) is 39.8 Å². The van der Waals surface area contributed by atoms with Crippen LogP contribution in [0.2, 0.25) is 0 Å². The molecule has 0 aromatic heterocycles. The lowest BCUT2D eigenvalue weighted by atomic mass is 10.00. The summed E-state index contributed by atoms with van der Waals surface area (Å²) in [5.41, 5.74) is 6.44. The van der Waals surface area contributed by atoms with Gasteiger partial charge >= 0.3 is 5.97 Å². The van der Waals surface area contributed by atoms with Crippen LogP contribution >= 0.6 is 0 Å². The molecule has 0 fully saturated rings. The van der Waals surface area contributed by atoms with Gasteiger partial charge in [0.05, 0.1) is 6.04 Å². The Morgan fingerprint density at radius 2 is 1.41 bits per heavy atom. The highest BCUT2D eigenvalue weighted by molar-refractivity contribution is 5.94. The van der Waals surface area contributed by atoms with Crippen molar-refractivity contribution in [3.63, 3.8) is 0 Å². The number of carboxylic acids is 1. The molecule has 7 N–H and O–H groups in total. The third kappa shape index (κ3) is 8.18. The van der Waals surface area contributed by atoms with Gasteiger partial charge in [-0.25, -0.2) is 4.79 Å². The predicted molar refractivity (Wildman–Crippen MR) is 119 cm³/mol. The van der Waals surface area contributed by atoms with Crippen molar-refractivity contribution in [1.82, 2.24) is 16.0 Å². The number of amides is 3. The van der Waals surface area contributed by atoms with E-state index in [2.05, 4.69) is 16.0 Å². The van der Waals surface area contributed by atoms with Crippen molar-refractivity contribution in [3.05, 3.63) is 29.8 Å². The summed E-state index contributed by atoms with van der Waals surface area (Å²) in [5, 5.41) is 26.3. The molecule has 0 heterocycles. The van der Waals surface area contributed by atoms with Crippen molar-refractivity contribution in [3.8, 4) is 5.75 Å². The van der Waals surface area contributed by atoms with Crippen LogP contribution in [0.5, 0.6) is 5.75 Å². The lowest BCUT2D eigenvalue weighted by Crippen LogP contribution is -2.58. The zero-order valence-corrected chi connectivity index (χ0v) is 19.1. The molecule has 0 aliphatic carbocycles. The molecule has 0 saturated heterocycles. The Morgan fingerprint density at radius 3 is 1.88 bits per heavy atom. The first kappa shape index (κ1) is 26.9. The molecule has 10 heteroatoms. The second kappa shape index (κ2) is 12.0. The number of aromatic hydroxyl groups is 1. The molecule has 0 spiro atoms. The number of aliphatic carboxylic acids is 1. The van der Waals surface area contributed by atoms with Gasteiger partial charge in [0, 0.05) is 6.42 Å². The molecule has 0 saturated carbocycles. The first-order valence-corrected chi connectivity index (χ1v) is 10.5. The van der Waals surface area contributed by atoms with E-state index in [9.17, 15) is 29.4 Å². The molecule has 32 heavy (non-hydrogen) atoms. The van der Waals surface area contributed by atoms with Gasteiger partial charge in [0.2, 0.25) is 17.7 Å². The highest BCUT2D eigenvalue weighted by atomic mass is 16.4. The van der Waals surface area contributed by atoms with Gasteiger partial charge in [-0.1, -0.05) is 39.8 Å². The van der Waals surface area contributed by atoms with Gasteiger partial charge in [-0.3, -0.25) is 14.4 Å². The Bertz CT molecular complexity index is 809. The molecule has 0 bridgehead atoms. The van der Waals surface area contributed by atoms with E-state index < -0.39 is 47.9 Å². The smallest absolute Gasteiger partial charge is 0.326 e. The van der Waals surface area contributed by atoms with Crippen LogP contribution in [0.25, 0.3) is 0 Å². The zero-order valence-electron chi connectivity index (χ0n) is 19.1. The summed E-state index contributed by atoms with van der Waals surface area (Å²) >= 11 is 0. The minimum atomic E-state index is -1.24. The van der Waals surface area contributed by atoms with E-state index in [1.807, 2.05) is 0 Å². The number of nitrogens with two attached hydrogens (primary N) is 1. The fraction of sp³-hybridized carbons (Fsp3) is 0.545. The summed E-state index contributed by atoms with van der Waals surface area (Å²) in [6.07, 6.45) is -0.000211. The van der Waals surface area contributed by atoms with Crippen LogP contribution in [0.3, 0.4) is 0 Å². The highest BCUT2D eigenvalue weighted by Crippen LogP contribution is 2.12. The van der Waals surface area contributed by atoms with E-state index in [0.717, 1.165) is 0 Å². The van der Waals surface area contributed by atoms with Crippen LogP contribution in [0, 0.1) is 11.8 Å². The van der Waals surface area contributed by atoms with Crippen LogP contribution in [0.15, 0.2) is 24.3 Å². The fourth-order valence-electron chi connectivity index (χ4n) is 2.82. The predicted octanol–water partition coefficient (Wildman–Crippen LogP) is 0.133. The first-order valence-electron chi connectivity index (χ1n) is 10.5. The van der Waals surface area contributed by atoms with Gasteiger partial charge < -0.3 is 31.9 Å². The number of carboxylic acid groups (broad SMARTS) is 1. The summed E-state index contributed by atoms with van der Waals surface area (Å²) in [4.78, 5) is 49.0. The Labute approximate surface area is 187 Å². The Balaban J connectivity index is 2.77. The Morgan fingerprint density at radius 1 is 0.844 bits per heavy atom. The van der Waals surface area contributed by atoms with Crippen molar-refractivity contribution in [2.75, 3.05) is 0 Å². The number of carbonyl (C=O) groups excluding carboxylic acids is 3. The van der Waals surface area contributed by atoms with E-state index in [1.165, 1.54) is 19.1 Å². The molecule has 0 radical (unpaired) electrons. The maximum absolute atomic E-state index is 12.7. The maximum Gasteiger partial charge on any atom is 0.326 e. The first-order chi connectivity index (χ1) is 14.8. The number of benzene rings is 1.